The number of esters is 1. The van der Waals surface area contributed by atoms with Crippen molar-refractivity contribution >= 4 is 57.1 Å². The minimum absolute atomic E-state index is 0.138. The minimum atomic E-state index is -0.459. The lowest BCUT2D eigenvalue weighted by Gasteiger charge is -2.12. The standard InChI is InChI=1S/C18H19ClN2O3S2/c1-4-24-17(23)14-13(11-5-7-12(19)8-6-11)9-26-16(14)21-18(25)20-15(22)10(2)3/h5-10H,4H2,1-3H3,(H2,20,21,22,25). The zero-order valence-corrected chi connectivity index (χ0v) is 17.0. The summed E-state index contributed by atoms with van der Waals surface area (Å²) in [5.74, 6) is -0.860. The zero-order chi connectivity index (χ0) is 19.3. The molecule has 1 aromatic heterocycles. The van der Waals surface area contributed by atoms with Crippen LogP contribution in [0.2, 0.25) is 5.02 Å². The number of rotatable bonds is 5. The highest BCUT2D eigenvalue weighted by Gasteiger charge is 2.22. The van der Waals surface area contributed by atoms with Crippen LogP contribution in [0.4, 0.5) is 5.00 Å². The van der Waals surface area contributed by atoms with E-state index < -0.39 is 5.97 Å². The molecule has 0 spiro atoms. The molecule has 1 amide bonds. The largest absolute Gasteiger partial charge is 0.462 e. The van der Waals surface area contributed by atoms with E-state index in [2.05, 4.69) is 10.6 Å². The average molecular weight is 411 g/mol. The van der Waals surface area contributed by atoms with Crippen molar-refractivity contribution in [2.75, 3.05) is 11.9 Å². The Morgan fingerprint density at radius 2 is 1.92 bits per heavy atom. The van der Waals surface area contributed by atoms with E-state index in [0.717, 1.165) is 5.56 Å². The topological polar surface area (TPSA) is 67.4 Å². The summed E-state index contributed by atoms with van der Waals surface area (Å²) in [6.07, 6.45) is 0. The molecule has 0 aliphatic carbocycles. The van der Waals surface area contributed by atoms with Crippen molar-refractivity contribution in [3.05, 3.63) is 40.2 Å². The molecule has 0 saturated carbocycles. The Bertz CT molecular complexity index is 816. The second-order valence-corrected chi connectivity index (χ2v) is 7.40. The van der Waals surface area contributed by atoms with Crippen LogP contribution in [-0.2, 0) is 9.53 Å². The second-order valence-electron chi connectivity index (χ2n) is 5.68. The lowest BCUT2D eigenvalue weighted by molar-refractivity contribution is -0.122. The third-order valence-electron chi connectivity index (χ3n) is 3.41. The maximum atomic E-state index is 12.5. The molecule has 8 heteroatoms. The van der Waals surface area contributed by atoms with Crippen LogP contribution < -0.4 is 10.6 Å². The van der Waals surface area contributed by atoms with E-state index in [9.17, 15) is 9.59 Å². The Kier molecular flexibility index (Phi) is 7.14. The van der Waals surface area contributed by atoms with Gasteiger partial charge < -0.3 is 15.4 Å². The summed E-state index contributed by atoms with van der Waals surface area (Å²) >= 11 is 12.4. The van der Waals surface area contributed by atoms with Gasteiger partial charge in [0.1, 0.15) is 10.6 Å². The smallest absolute Gasteiger partial charge is 0.341 e. The van der Waals surface area contributed by atoms with Gasteiger partial charge in [0, 0.05) is 21.9 Å². The number of anilines is 1. The molecule has 0 aliphatic heterocycles. The summed E-state index contributed by atoms with van der Waals surface area (Å²) in [6, 6.07) is 7.17. The van der Waals surface area contributed by atoms with Crippen LogP contribution in [0.3, 0.4) is 0 Å². The van der Waals surface area contributed by atoms with Crippen LogP contribution in [0.5, 0.6) is 0 Å². The molecule has 1 heterocycles. The number of ether oxygens (including phenoxy) is 1. The van der Waals surface area contributed by atoms with Gasteiger partial charge in [0.15, 0.2) is 5.11 Å². The molecule has 0 aliphatic rings. The van der Waals surface area contributed by atoms with Gasteiger partial charge in [-0.15, -0.1) is 11.3 Å². The van der Waals surface area contributed by atoms with E-state index in [1.165, 1.54) is 11.3 Å². The van der Waals surface area contributed by atoms with Gasteiger partial charge in [-0.2, -0.15) is 0 Å². The van der Waals surface area contributed by atoms with Gasteiger partial charge in [0.2, 0.25) is 5.91 Å². The first-order chi connectivity index (χ1) is 12.3. The molecule has 0 atom stereocenters. The van der Waals surface area contributed by atoms with Gasteiger partial charge in [0.05, 0.1) is 6.61 Å². The molecule has 0 bridgehead atoms. The van der Waals surface area contributed by atoms with Gasteiger partial charge in [-0.1, -0.05) is 37.6 Å². The molecule has 2 N–H and O–H groups in total. The lowest BCUT2D eigenvalue weighted by atomic mass is 10.0. The van der Waals surface area contributed by atoms with Crippen molar-refractivity contribution in [3.8, 4) is 11.1 Å². The van der Waals surface area contributed by atoms with E-state index in [1.54, 1.807) is 32.9 Å². The number of hydrogen-bond donors (Lipinski definition) is 2. The highest BCUT2D eigenvalue weighted by molar-refractivity contribution is 7.80. The van der Waals surface area contributed by atoms with Crippen LogP contribution >= 0.6 is 35.2 Å². The predicted molar refractivity (Wildman–Crippen MR) is 110 cm³/mol. The van der Waals surface area contributed by atoms with Gasteiger partial charge in [0.25, 0.3) is 0 Å². The summed E-state index contributed by atoms with van der Waals surface area (Å²) in [7, 11) is 0. The third kappa shape index (κ3) is 5.03. The molecular formula is C18H19ClN2O3S2. The first kappa shape index (κ1) is 20.4. The van der Waals surface area contributed by atoms with Crippen molar-refractivity contribution in [1.29, 1.82) is 0 Å². The Balaban J connectivity index is 2.34. The molecule has 0 radical (unpaired) electrons. The van der Waals surface area contributed by atoms with Gasteiger partial charge >= 0.3 is 5.97 Å². The summed E-state index contributed by atoms with van der Waals surface area (Å²) in [5, 5.41) is 8.63. The van der Waals surface area contributed by atoms with Crippen LogP contribution in [0.15, 0.2) is 29.6 Å². The highest BCUT2D eigenvalue weighted by atomic mass is 35.5. The van der Waals surface area contributed by atoms with Crippen molar-refractivity contribution in [2.45, 2.75) is 20.8 Å². The van der Waals surface area contributed by atoms with E-state index in [-0.39, 0.29) is 23.5 Å². The number of thiophene rings is 1. The fourth-order valence-corrected chi connectivity index (χ4v) is 3.44. The summed E-state index contributed by atoms with van der Waals surface area (Å²) in [6.45, 7) is 5.53. The summed E-state index contributed by atoms with van der Waals surface area (Å²) < 4.78 is 5.18. The summed E-state index contributed by atoms with van der Waals surface area (Å²) in [5.41, 5.74) is 1.92. The number of carbonyl (C=O) groups is 2. The number of carbonyl (C=O) groups excluding carboxylic acids is 2. The Hall–Kier alpha value is -1.96. The molecule has 5 nitrogen and oxygen atoms in total. The number of thiocarbonyl (C=S) groups is 1. The normalized spacial score (nSPS) is 10.5. The third-order valence-corrected chi connectivity index (χ3v) is 4.77. The van der Waals surface area contributed by atoms with Crippen molar-refractivity contribution in [2.24, 2.45) is 5.92 Å². The van der Waals surface area contributed by atoms with Crippen LogP contribution in [0.25, 0.3) is 11.1 Å². The maximum Gasteiger partial charge on any atom is 0.341 e. The van der Waals surface area contributed by atoms with Crippen molar-refractivity contribution < 1.29 is 14.3 Å². The second kappa shape index (κ2) is 9.12. The van der Waals surface area contributed by atoms with Crippen LogP contribution in [-0.4, -0.2) is 23.6 Å². The van der Waals surface area contributed by atoms with E-state index in [1.807, 2.05) is 17.5 Å². The minimum Gasteiger partial charge on any atom is -0.462 e. The highest BCUT2D eigenvalue weighted by Crippen LogP contribution is 2.36. The Labute approximate surface area is 166 Å². The average Bonchev–Trinajstić information content (AvgIpc) is 2.99. The molecular weight excluding hydrogens is 392 g/mol. The molecule has 0 unspecified atom stereocenters. The van der Waals surface area contributed by atoms with E-state index in [0.29, 0.717) is 21.2 Å². The molecule has 26 heavy (non-hydrogen) atoms. The number of hydrogen-bond acceptors (Lipinski definition) is 5. The van der Waals surface area contributed by atoms with Crippen LogP contribution in [0, 0.1) is 5.92 Å². The molecule has 1 aromatic carbocycles. The van der Waals surface area contributed by atoms with Gasteiger partial charge in [-0.3, -0.25) is 4.79 Å². The fourth-order valence-electron chi connectivity index (χ4n) is 2.09. The van der Waals surface area contributed by atoms with Gasteiger partial charge in [-0.25, -0.2) is 4.79 Å². The number of halogens is 1. The van der Waals surface area contributed by atoms with Crippen molar-refractivity contribution in [1.82, 2.24) is 5.32 Å². The summed E-state index contributed by atoms with van der Waals surface area (Å²) in [4.78, 5) is 24.3. The number of amides is 1. The van der Waals surface area contributed by atoms with E-state index >= 15 is 0 Å². The monoisotopic (exact) mass is 410 g/mol. The first-order valence-corrected chi connectivity index (χ1v) is 9.66. The molecule has 0 fully saturated rings. The fraction of sp³-hybridized carbons (Fsp3) is 0.278. The SMILES string of the molecule is CCOC(=O)c1c(-c2ccc(Cl)cc2)csc1NC(=S)NC(=O)C(C)C. The lowest BCUT2D eigenvalue weighted by Crippen LogP contribution is -2.36. The quantitative estimate of drug-likeness (QED) is 0.551. The Morgan fingerprint density at radius 1 is 1.27 bits per heavy atom. The maximum absolute atomic E-state index is 12.5. The molecule has 2 aromatic rings. The van der Waals surface area contributed by atoms with Gasteiger partial charge in [-0.05, 0) is 36.8 Å². The Morgan fingerprint density at radius 3 is 2.50 bits per heavy atom. The number of nitrogens with one attached hydrogen (secondary N) is 2. The van der Waals surface area contributed by atoms with E-state index in [4.69, 9.17) is 28.6 Å². The molecule has 0 saturated heterocycles. The first-order valence-electron chi connectivity index (χ1n) is 7.99. The predicted octanol–water partition coefficient (Wildman–Crippen LogP) is 4.71. The molecule has 138 valence electrons. The van der Waals surface area contributed by atoms with Crippen LogP contribution in [0.1, 0.15) is 31.1 Å². The van der Waals surface area contributed by atoms with Crippen molar-refractivity contribution in [3.63, 3.8) is 0 Å². The number of benzene rings is 1. The molecule has 2 rings (SSSR count). The zero-order valence-electron chi connectivity index (χ0n) is 14.6.